The van der Waals surface area contributed by atoms with E-state index in [1.807, 2.05) is 17.8 Å². The van der Waals surface area contributed by atoms with Crippen molar-refractivity contribution in [3.63, 3.8) is 0 Å². The molecule has 0 saturated heterocycles. The number of hydrogen-bond donors (Lipinski definition) is 1. The van der Waals surface area contributed by atoms with Crippen molar-refractivity contribution in [1.29, 1.82) is 0 Å². The van der Waals surface area contributed by atoms with Crippen LogP contribution in [0.1, 0.15) is 6.42 Å². The summed E-state index contributed by atoms with van der Waals surface area (Å²) in [5.41, 5.74) is 2.32. The lowest BCUT2D eigenvalue weighted by Gasteiger charge is -2.06. The minimum Gasteiger partial charge on any atom is -0.278 e. The normalized spacial score (nSPS) is 10.6. The molecule has 0 atom stereocenters. The number of rotatable bonds is 5. The molecule has 1 N–H and O–H groups in total. The van der Waals surface area contributed by atoms with Crippen LogP contribution in [0.25, 0.3) is 11.3 Å². The van der Waals surface area contributed by atoms with Crippen molar-refractivity contribution in [1.82, 2.24) is 10.2 Å². The van der Waals surface area contributed by atoms with Crippen LogP contribution in [-0.4, -0.2) is 21.3 Å². The molecule has 0 bridgehead atoms. The van der Waals surface area contributed by atoms with Gasteiger partial charge in [0.2, 0.25) is 0 Å². The van der Waals surface area contributed by atoms with Gasteiger partial charge in [-0.25, -0.2) is 0 Å². The van der Waals surface area contributed by atoms with Crippen LogP contribution in [0.3, 0.4) is 0 Å². The first kappa shape index (κ1) is 11.7. The molecule has 1 heterocycles. The van der Waals surface area contributed by atoms with Crippen molar-refractivity contribution in [3.8, 4) is 11.3 Å². The molecule has 0 aliphatic heterocycles. The number of benzene rings is 1. The molecule has 2 nitrogen and oxygen atoms in total. The van der Waals surface area contributed by atoms with Crippen LogP contribution in [0.15, 0.2) is 41.4 Å². The minimum absolute atomic E-state index is 1.06. The van der Waals surface area contributed by atoms with Gasteiger partial charge in [-0.2, -0.15) is 5.10 Å². The van der Waals surface area contributed by atoms with Crippen LogP contribution in [0.5, 0.6) is 0 Å². The number of halogens is 1. The summed E-state index contributed by atoms with van der Waals surface area (Å²) in [6, 6.07) is 10.4. The highest BCUT2D eigenvalue weighted by Gasteiger charge is 2.05. The first-order valence-electron chi connectivity index (χ1n) is 5.19. The van der Waals surface area contributed by atoms with Crippen LogP contribution >= 0.6 is 27.7 Å². The lowest BCUT2D eigenvalue weighted by molar-refractivity contribution is 1.09. The molecular formula is C12H13BrN2S. The number of hydrogen-bond acceptors (Lipinski definition) is 2. The number of aromatic nitrogens is 2. The topological polar surface area (TPSA) is 28.7 Å². The minimum atomic E-state index is 1.06. The average Bonchev–Trinajstić information content (AvgIpc) is 2.83. The highest BCUT2D eigenvalue weighted by Crippen LogP contribution is 2.30. The van der Waals surface area contributed by atoms with E-state index in [0.717, 1.165) is 16.8 Å². The standard InChI is InChI=1S/C12H13BrN2S/c13-7-3-9-16-12-5-2-1-4-10(12)11-6-8-14-15-11/h1-2,4-6,8H,3,7,9H2,(H,14,15). The van der Waals surface area contributed by atoms with Gasteiger partial charge in [0.1, 0.15) is 0 Å². The van der Waals surface area contributed by atoms with Crippen LogP contribution < -0.4 is 0 Å². The lowest BCUT2D eigenvalue weighted by Crippen LogP contribution is -1.85. The molecule has 4 heteroatoms. The van der Waals surface area contributed by atoms with E-state index in [1.165, 1.54) is 16.9 Å². The first-order valence-corrected chi connectivity index (χ1v) is 7.30. The van der Waals surface area contributed by atoms with E-state index in [0.29, 0.717) is 0 Å². The third-order valence-corrected chi connectivity index (χ3v) is 3.93. The second kappa shape index (κ2) is 6.11. The van der Waals surface area contributed by atoms with E-state index in [9.17, 15) is 0 Å². The van der Waals surface area contributed by atoms with Crippen LogP contribution in [-0.2, 0) is 0 Å². The molecule has 1 aromatic heterocycles. The van der Waals surface area contributed by atoms with Crippen LogP contribution in [0.4, 0.5) is 0 Å². The van der Waals surface area contributed by atoms with E-state index in [2.05, 4.69) is 50.4 Å². The van der Waals surface area contributed by atoms with Gasteiger partial charge in [0, 0.05) is 22.0 Å². The van der Waals surface area contributed by atoms with E-state index in [4.69, 9.17) is 0 Å². The van der Waals surface area contributed by atoms with Gasteiger partial charge >= 0.3 is 0 Å². The molecule has 0 fully saturated rings. The van der Waals surface area contributed by atoms with Crippen LogP contribution in [0.2, 0.25) is 0 Å². The third kappa shape index (κ3) is 2.89. The number of H-pyrrole nitrogens is 1. The largest absolute Gasteiger partial charge is 0.278 e. The maximum atomic E-state index is 3.99. The van der Waals surface area contributed by atoms with Crippen molar-refractivity contribution < 1.29 is 0 Å². The smallest absolute Gasteiger partial charge is 0.0661 e. The summed E-state index contributed by atoms with van der Waals surface area (Å²) in [5.74, 6) is 1.14. The molecule has 0 radical (unpaired) electrons. The van der Waals surface area contributed by atoms with Crippen molar-refractivity contribution >= 4 is 27.7 Å². The average molecular weight is 297 g/mol. The van der Waals surface area contributed by atoms with E-state index >= 15 is 0 Å². The van der Waals surface area contributed by atoms with Crippen molar-refractivity contribution in [2.24, 2.45) is 0 Å². The van der Waals surface area contributed by atoms with Crippen molar-refractivity contribution in [2.75, 3.05) is 11.1 Å². The molecule has 2 rings (SSSR count). The van der Waals surface area contributed by atoms with E-state index in [-0.39, 0.29) is 0 Å². The molecule has 2 aromatic rings. The summed E-state index contributed by atoms with van der Waals surface area (Å²) < 4.78 is 0. The number of aromatic amines is 1. The second-order valence-electron chi connectivity index (χ2n) is 3.36. The molecule has 0 aliphatic rings. The quantitative estimate of drug-likeness (QED) is 0.514. The monoisotopic (exact) mass is 296 g/mol. The Balaban J connectivity index is 2.18. The predicted molar refractivity (Wildman–Crippen MR) is 73.2 cm³/mol. The fourth-order valence-electron chi connectivity index (χ4n) is 1.46. The summed E-state index contributed by atoms with van der Waals surface area (Å²) in [6.45, 7) is 0. The lowest BCUT2D eigenvalue weighted by atomic mass is 10.1. The zero-order valence-corrected chi connectivity index (χ0v) is 11.2. The van der Waals surface area contributed by atoms with Gasteiger partial charge < -0.3 is 0 Å². The van der Waals surface area contributed by atoms with Crippen molar-refractivity contribution in [2.45, 2.75) is 11.3 Å². The Kier molecular flexibility index (Phi) is 4.48. The Morgan fingerprint density at radius 2 is 2.12 bits per heavy atom. The number of thioether (sulfide) groups is 1. The third-order valence-electron chi connectivity index (χ3n) is 2.21. The molecule has 0 amide bonds. The number of nitrogens with one attached hydrogen (secondary N) is 1. The van der Waals surface area contributed by atoms with Gasteiger partial charge in [0.25, 0.3) is 0 Å². The molecule has 1 aromatic carbocycles. The summed E-state index contributed by atoms with van der Waals surface area (Å²) in [5, 5.41) is 8.07. The van der Waals surface area contributed by atoms with Gasteiger partial charge in [-0.3, -0.25) is 5.10 Å². The van der Waals surface area contributed by atoms with Gasteiger partial charge in [0.15, 0.2) is 0 Å². The maximum absolute atomic E-state index is 3.99. The molecule has 0 saturated carbocycles. The Morgan fingerprint density at radius 1 is 1.25 bits per heavy atom. The Labute approximate surface area is 108 Å². The first-order chi connectivity index (χ1) is 7.92. The Bertz CT molecular complexity index is 428. The van der Waals surface area contributed by atoms with Crippen LogP contribution in [0, 0.1) is 0 Å². The van der Waals surface area contributed by atoms with Gasteiger partial charge in [0.05, 0.1) is 5.69 Å². The fraction of sp³-hybridized carbons (Fsp3) is 0.250. The van der Waals surface area contributed by atoms with Gasteiger partial charge in [-0.05, 0) is 24.3 Å². The highest BCUT2D eigenvalue weighted by atomic mass is 79.9. The van der Waals surface area contributed by atoms with Crippen molar-refractivity contribution in [3.05, 3.63) is 36.5 Å². The van der Waals surface area contributed by atoms with E-state index in [1.54, 1.807) is 6.20 Å². The molecule has 0 aliphatic carbocycles. The Hall–Kier alpha value is -0.740. The second-order valence-corrected chi connectivity index (χ2v) is 5.29. The Morgan fingerprint density at radius 3 is 2.88 bits per heavy atom. The maximum Gasteiger partial charge on any atom is 0.0661 e. The SMILES string of the molecule is BrCCCSc1ccccc1-c1ccn[nH]1. The zero-order valence-electron chi connectivity index (χ0n) is 8.82. The van der Waals surface area contributed by atoms with Gasteiger partial charge in [-0.15, -0.1) is 11.8 Å². The van der Waals surface area contributed by atoms with Gasteiger partial charge in [-0.1, -0.05) is 34.1 Å². The number of alkyl halides is 1. The number of nitrogens with zero attached hydrogens (tertiary/aromatic N) is 1. The summed E-state index contributed by atoms with van der Waals surface area (Å²) >= 11 is 5.34. The zero-order chi connectivity index (χ0) is 11.2. The summed E-state index contributed by atoms with van der Waals surface area (Å²) in [7, 11) is 0. The molecule has 0 unspecified atom stereocenters. The summed E-state index contributed by atoms with van der Waals surface area (Å²) in [6.07, 6.45) is 2.97. The molecular weight excluding hydrogens is 284 g/mol. The highest BCUT2D eigenvalue weighted by molar-refractivity contribution is 9.09. The van der Waals surface area contributed by atoms with E-state index < -0.39 is 0 Å². The fourth-order valence-corrected chi connectivity index (χ4v) is 3.13. The predicted octanol–water partition coefficient (Wildman–Crippen LogP) is 3.95. The molecule has 16 heavy (non-hydrogen) atoms. The molecule has 0 spiro atoms. The molecule has 84 valence electrons. The summed E-state index contributed by atoms with van der Waals surface area (Å²) in [4.78, 5) is 1.31.